The monoisotopic (exact) mass is 353 g/mol. The van der Waals surface area contributed by atoms with E-state index in [0.717, 1.165) is 36.1 Å². The Morgan fingerprint density at radius 3 is 2.85 bits per heavy atom. The molecule has 134 valence electrons. The highest BCUT2D eigenvalue weighted by Crippen LogP contribution is 2.35. The second-order valence-corrected chi connectivity index (χ2v) is 6.95. The lowest BCUT2D eigenvalue weighted by Gasteiger charge is -2.30. The molecule has 0 spiro atoms. The van der Waals surface area contributed by atoms with Crippen molar-refractivity contribution in [2.24, 2.45) is 0 Å². The van der Waals surface area contributed by atoms with Crippen LogP contribution in [0.2, 0.25) is 0 Å². The fourth-order valence-corrected chi connectivity index (χ4v) is 3.93. The molecule has 26 heavy (non-hydrogen) atoms. The number of aryl methyl sites for hydroxylation is 1. The predicted molar refractivity (Wildman–Crippen MR) is 97.1 cm³/mol. The van der Waals surface area contributed by atoms with Crippen molar-refractivity contribution in [3.05, 3.63) is 58.9 Å². The Hall–Kier alpha value is -2.89. The summed E-state index contributed by atoms with van der Waals surface area (Å²) in [6.07, 6.45) is 2.82. The number of hydrogen-bond acceptors (Lipinski definition) is 3. The van der Waals surface area contributed by atoms with Gasteiger partial charge in [-0.1, -0.05) is 12.1 Å². The lowest BCUT2D eigenvalue weighted by Crippen LogP contribution is -2.38. The van der Waals surface area contributed by atoms with E-state index in [-0.39, 0.29) is 24.3 Å². The molecule has 2 aromatic carbocycles. The average Bonchev–Trinajstić information content (AvgIpc) is 2.60. The Morgan fingerprint density at radius 1 is 1.19 bits per heavy atom. The highest BCUT2D eigenvalue weighted by molar-refractivity contribution is 6.01. The van der Waals surface area contributed by atoms with Crippen molar-refractivity contribution in [1.29, 1.82) is 0 Å². The van der Waals surface area contributed by atoms with Gasteiger partial charge in [-0.3, -0.25) is 9.59 Å². The van der Waals surface area contributed by atoms with E-state index in [1.165, 1.54) is 12.1 Å². The number of anilines is 2. The maximum Gasteiger partial charge on any atom is 0.228 e. The molecule has 5 nitrogen and oxygen atoms in total. The third kappa shape index (κ3) is 3.03. The van der Waals surface area contributed by atoms with E-state index < -0.39 is 11.7 Å². The van der Waals surface area contributed by atoms with Crippen molar-refractivity contribution < 1.29 is 14.0 Å². The fraction of sp³-hybridized carbons (Fsp3) is 0.300. The maximum absolute atomic E-state index is 13.5. The number of nitrogens with one attached hydrogen (secondary N) is 2. The first kappa shape index (κ1) is 16.6. The number of rotatable bonds is 2. The Labute approximate surface area is 150 Å². The number of benzene rings is 2. The third-order valence-corrected chi connectivity index (χ3v) is 5.17. The molecule has 0 saturated heterocycles. The van der Waals surface area contributed by atoms with Crippen molar-refractivity contribution in [1.82, 2.24) is 5.32 Å². The fourth-order valence-electron chi connectivity index (χ4n) is 3.93. The Morgan fingerprint density at radius 2 is 2.00 bits per heavy atom. The van der Waals surface area contributed by atoms with Crippen LogP contribution in [0.4, 0.5) is 15.8 Å². The smallest absolute Gasteiger partial charge is 0.228 e. The van der Waals surface area contributed by atoms with Gasteiger partial charge in [-0.25, -0.2) is 4.39 Å². The number of nitrogens with two attached hydrogens (primary N) is 1. The standard InChI is InChI=1S/C20H20FN3O2/c21-12-4-6-15-16(10-19(25)23-18(15)9-12)20(26)24-17-3-1-2-11-8-13(22)5-7-14(11)17/h4-9,16-17H,1-3,10,22H2,(H,23,25)(H,24,26). The van der Waals surface area contributed by atoms with Crippen molar-refractivity contribution in [3.8, 4) is 0 Å². The largest absolute Gasteiger partial charge is 0.399 e. The minimum atomic E-state index is -0.612. The summed E-state index contributed by atoms with van der Waals surface area (Å²) < 4.78 is 13.5. The summed E-state index contributed by atoms with van der Waals surface area (Å²) in [5, 5.41) is 5.73. The zero-order valence-corrected chi connectivity index (χ0v) is 14.2. The van der Waals surface area contributed by atoms with Crippen LogP contribution < -0.4 is 16.4 Å². The Balaban J connectivity index is 1.59. The average molecular weight is 353 g/mol. The Bertz CT molecular complexity index is 897. The van der Waals surface area contributed by atoms with Crippen molar-refractivity contribution >= 4 is 23.2 Å². The van der Waals surface area contributed by atoms with Gasteiger partial charge in [0.15, 0.2) is 0 Å². The summed E-state index contributed by atoms with van der Waals surface area (Å²) in [6, 6.07) is 9.81. The first-order valence-electron chi connectivity index (χ1n) is 8.79. The number of halogens is 1. The van der Waals surface area contributed by atoms with Crippen LogP contribution in [0.15, 0.2) is 36.4 Å². The molecule has 0 saturated carbocycles. The molecule has 2 unspecified atom stereocenters. The van der Waals surface area contributed by atoms with Crippen LogP contribution in [0.5, 0.6) is 0 Å². The van der Waals surface area contributed by atoms with E-state index in [0.29, 0.717) is 11.3 Å². The number of carbonyl (C=O) groups excluding carboxylic acids is 2. The number of amides is 2. The summed E-state index contributed by atoms with van der Waals surface area (Å²) in [6.45, 7) is 0. The van der Waals surface area contributed by atoms with Gasteiger partial charge in [0.2, 0.25) is 11.8 Å². The molecule has 2 atom stereocenters. The first-order valence-corrected chi connectivity index (χ1v) is 8.79. The van der Waals surface area contributed by atoms with Crippen LogP contribution in [0.1, 0.15) is 47.9 Å². The van der Waals surface area contributed by atoms with Gasteiger partial charge in [0.25, 0.3) is 0 Å². The predicted octanol–water partition coefficient (Wildman–Crippen LogP) is 3.03. The number of carbonyl (C=O) groups is 2. The minimum absolute atomic E-state index is 0.0613. The van der Waals surface area contributed by atoms with Crippen LogP contribution in [0, 0.1) is 5.82 Å². The molecule has 2 amide bonds. The van der Waals surface area contributed by atoms with Gasteiger partial charge < -0.3 is 16.4 Å². The molecule has 0 radical (unpaired) electrons. The van der Waals surface area contributed by atoms with E-state index in [4.69, 9.17) is 5.73 Å². The van der Waals surface area contributed by atoms with Crippen molar-refractivity contribution in [3.63, 3.8) is 0 Å². The highest BCUT2D eigenvalue weighted by atomic mass is 19.1. The second-order valence-electron chi connectivity index (χ2n) is 6.95. The van der Waals surface area contributed by atoms with E-state index >= 15 is 0 Å². The van der Waals surface area contributed by atoms with Gasteiger partial charge in [-0.05, 0) is 60.2 Å². The molecule has 6 heteroatoms. The normalized spacial score (nSPS) is 21.3. The summed E-state index contributed by atoms with van der Waals surface area (Å²) in [5.74, 6) is -1.54. The SMILES string of the molecule is Nc1ccc2c(c1)CCCC2NC(=O)C1CC(=O)Nc2cc(F)ccc21. The molecular formula is C20H20FN3O2. The van der Waals surface area contributed by atoms with Gasteiger partial charge in [0, 0.05) is 17.8 Å². The number of hydrogen-bond donors (Lipinski definition) is 3. The van der Waals surface area contributed by atoms with Gasteiger partial charge in [0.1, 0.15) is 5.82 Å². The molecule has 2 aromatic rings. The molecule has 2 aliphatic rings. The molecule has 0 aromatic heterocycles. The van der Waals surface area contributed by atoms with Crippen LogP contribution >= 0.6 is 0 Å². The van der Waals surface area contributed by atoms with E-state index in [9.17, 15) is 14.0 Å². The van der Waals surface area contributed by atoms with Gasteiger partial charge in [0.05, 0.1) is 12.0 Å². The van der Waals surface area contributed by atoms with E-state index in [1.807, 2.05) is 18.2 Å². The number of fused-ring (bicyclic) bond motifs is 2. The molecule has 0 fully saturated rings. The summed E-state index contributed by atoms with van der Waals surface area (Å²) in [4.78, 5) is 24.9. The van der Waals surface area contributed by atoms with Crippen LogP contribution in [0.25, 0.3) is 0 Å². The van der Waals surface area contributed by atoms with E-state index in [1.54, 1.807) is 6.07 Å². The zero-order valence-electron chi connectivity index (χ0n) is 14.2. The molecule has 4 rings (SSSR count). The summed E-state index contributed by atoms with van der Waals surface area (Å²) in [7, 11) is 0. The molecule has 4 N–H and O–H groups in total. The van der Waals surface area contributed by atoms with Crippen LogP contribution in [-0.4, -0.2) is 11.8 Å². The Kier molecular flexibility index (Phi) is 4.11. The van der Waals surface area contributed by atoms with Gasteiger partial charge >= 0.3 is 0 Å². The van der Waals surface area contributed by atoms with Crippen LogP contribution in [0.3, 0.4) is 0 Å². The van der Waals surface area contributed by atoms with Crippen LogP contribution in [-0.2, 0) is 16.0 Å². The van der Waals surface area contributed by atoms with Crippen molar-refractivity contribution in [2.75, 3.05) is 11.1 Å². The van der Waals surface area contributed by atoms with E-state index in [2.05, 4.69) is 10.6 Å². The molecule has 1 heterocycles. The quantitative estimate of drug-likeness (QED) is 0.726. The third-order valence-electron chi connectivity index (χ3n) is 5.17. The molecule has 1 aliphatic carbocycles. The molecule has 1 aliphatic heterocycles. The highest BCUT2D eigenvalue weighted by Gasteiger charge is 2.33. The zero-order chi connectivity index (χ0) is 18.3. The first-order chi connectivity index (χ1) is 12.5. The summed E-state index contributed by atoms with van der Waals surface area (Å²) in [5.41, 5.74) is 9.84. The second kappa shape index (κ2) is 6.44. The lowest BCUT2D eigenvalue weighted by atomic mass is 9.85. The summed E-state index contributed by atoms with van der Waals surface area (Å²) >= 11 is 0. The topological polar surface area (TPSA) is 84.2 Å². The number of nitrogen functional groups attached to an aromatic ring is 1. The van der Waals surface area contributed by atoms with Gasteiger partial charge in [-0.2, -0.15) is 0 Å². The lowest BCUT2D eigenvalue weighted by molar-refractivity contribution is -0.127. The minimum Gasteiger partial charge on any atom is -0.399 e. The van der Waals surface area contributed by atoms with Crippen molar-refractivity contribution in [2.45, 2.75) is 37.6 Å². The maximum atomic E-state index is 13.5. The van der Waals surface area contributed by atoms with Gasteiger partial charge in [-0.15, -0.1) is 0 Å². The molecular weight excluding hydrogens is 333 g/mol. The molecule has 0 bridgehead atoms.